The Balaban J connectivity index is 1.51. The number of hydrogen-bond donors (Lipinski definition) is 2. The van der Waals surface area contributed by atoms with E-state index in [0.717, 1.165) is 25.8 Å². The van der Waals surface area contributed by atoms with Crippen molar-refractivity contribution in [2.45, 2.75) is 45.1 Å². The molecule has 2 aliphatic heterocycles. The molecule has 7 heteroatoms. The molecule has 1 atom stereocenters. The zero-order chi connectivity index (χ0) is 19.9. The summed E-state index contributed by atoms with van der Waals surface area (Å²) in [5.74, 6) is -0.355. The number of ether oxygens (including phenoxy) is 1. The normalized spacial score (nSPS) is 20.5. The highest BCUT2D eigenvalue weighted by atomic mass is 16.5. The lowest BCUT2D eigenvalue weighted by Crippen LogP contribution is -2.43. The largest absolute Gasteiger partial charge is 0.466 e. The molecule has 2 fully saturated rings. The van der Waals surface area contributed by atoms with E-state index in [2.05, 4.69) is 10.6 Å². The van der Waals surface area contributed by atoms with Gasteiger partial charge in [0.05, 0.1) is 18.6 Å². The number of nitrogens with one attached hydrogen (secondary N) is 2. The molecule has 28 heavy (non-hydrogen) atoms. The summed E-state index contributed by atoms with van der Waals surface area (Å²) in [6, 6.07) is 6.86. The molecule has 0 aliphatic carbocycles. The van der Waals surface area contributed by atoms with E-state index in [9.17, 15) is 14.4 Å². The highest BCUT2D eigenvalue weighted by Gasteiger charge is 2.28. The van der Waals surface area contributed by atoms with Gasteiger partial charge in [0.2, 0.25) is 5.91 Å². The van der Waals surface area contributed by atoms with Gasteiger partial charge in [-0.1, -0.05) is 6.42 Å². The van der Waals surface area contributed by atoms with Gasteiger partial charge < -0.3 is 20.3 Å². The Labute approximate surface area is 165 Å². The van der Waals surface area contributed by atoms with Crippen molar-refractivity contribution in [2.24, 2.45) is 5.92 Å². The Morgan fingerprint density at radius 2 is 1.82 bits per heavy atom. The minimum atomic E-state index is -0.165. The molecule has 2 saturated heterocycles. The van der Waals surface area contributed by atoms with E-state index in [0.29, 0.717) is 43.8 Å². The van der Waals surface area contributed by atoms with Gasteiger partial charge in [0.15, 0.2) is 0 Å². The first-order chi connectivity index (χ1) is 13.6. The topological polar surface area (TPSA) is 87.7 Å². The van der Waals surface area contributed by atoms with Gasteiger partial charge in [-0.2, -0.15) is 0 Å². The predicted molar refractivity (Wildman–Crippen MR) is 106 cm³/mol. The molecule has 0 spiro atoms. The first kappa shape index (κ1) is 20.3. The van der Waals surface area contributed by atoms with Gasteiger partial charge in [0.1, 0.15) is 0 Å². The van der Waals surface area contributed by atoms with E-state index in [1.165, 1.54) is 0 Å². The van der Waals surface area contributed by atoms with Crippen molar-refractivity contribution in [3.05, 3.63) is 29.8 Å². The summed E-state index contributed by atoms with van der Waals surface area (Å²) in [7, 11) is 0. The number of amides is 2. The first-order valence-corrected chi connectivity index (χ1v) is 10.2. The lowest BCUT2D eigenvalue weighted by atomic mass is 9.96. The van der Waals surface area contributed by atoms with Gasteiger partial charge in [0, 0.05) is 24.3 Å². The molecule has 2 amide bonds. The Kier molecular flexibility index (Phi) is 7.03. The zero-order valence-electron chi connectivity index (χ0n) is 16.4. The van der Waals surface area contributed by atoms with Crippen LogP contribution in [0.4, 0.5) is 5.69 Å². The number of anilines is 1. The average molecular weight is 387 g/mol. The summed E-state index contributed by atoms with van der Waals surface area (Å²) in [5.41, 5.74) is 1.28. The van der Waals surface area contributed by atoms with Gasteiger partial charge in [-0.05, 0) is 63.4 Å². The van der Waals surface area contributed by atoms with Gasteiger partial charge in [-0.15, -0.1) is 0 Å². The van der Waals surface area contributed by atoms with Crippen LogP contribution in [0.5, 0.6) is 0 Å². The van der Waals surface area contributed by atoms with Crippen molar-refractivity contribution in [3.63, 3.8) is 0 Å². The van der Waals surface area contributed by atoms with Crippen LogP contribution >= 0.6 is 0 Å². The second-order valence-electron chi connectivity index (χ2n) is 7.39. The third-order valence-electron chi connectivity index (χ3n) is 5.43. The smallest absolute Gasteiger partial charge is 0.309 e. The van der Waals surface area contributed by atoms with Crippen LogP contribution in [0.25, 0.3) is 0 Å². The maximum Gasteiger partial charge on any atom is 0.309 e. The summed E-state index contributed by atoms with van der Waals surface area (Å²) in [5, 5.41) is 6.14. The lowest BCUT2D eigenvalue weighted by molar-refractivity contribution is -0.149. The van der Waals surface area contributed by atoms with E-state index in [1.54, 1.807) is 36.1 Å². The minimum Gasteiger partial charge on any atom is -0.466 e. The number of benzene rings is 1. The van der Waals surface area contributed by atoms with Crippen LogP contribution in [0.2, 0.25) is 0 Å². The highest BCUT2D eigenvalue weighted by Crippen LogP contribution is 2.21. The Bertz CT molecular complexity index is 690. The summed E-state index contributed by atoms with van der Waals surface area (Å²) < 4.78 is 5.07. The van der Waals surface area contributed by atoms with E-state index < -0.39 is 0 Å². The minimum absolute atomic E-state index is 0.0279. The molecule has 2 aliphatic rings. The molecule has 0 aromatic heterocycles. The molecule has 2 N–H and O–H groups in total. The molecule has 3 rings (SSSR count). The maximum absolute atomic E-state index is 12.7. The van der Waals surface area contributed by atoms with Gasteiger partial charge >= 0.3 is 5.97 Å². The molecule has 152 valence electrons. The first-order valence-electron chi connectivity index (χ1n) is 10.2. The standard InChI is InChI=1S/C21H29N3O4/c1-2-28-21(27)16-10-13-24(14-11-16)20(26)15-6-8-17(9-7-15)23-19(25)18-5-3-4-12-22-18/h6-9,16,18,22H,2-5,10-14H2,1H3,(H,23,25). The highest BCUT2D eigenvalue weighted by molar-refractivity contribution is 5.97. The summed E-state index contributed by atoms with van der Waals surface area (Å²) in [6.07, 6.45) is 4.29. The Morgan fingerprint density at radius 3 is 2.43 bits per heavy atom. The molecule has 1 aromatic carbocycles. The van der Waals surface area contributed by atoms with Crippen molar-refractivity contribution >= 4 is 23.5 Å². The van der Waals surface area contributed by atoms with Crippen LogP contribution in [-0.2, 0) is 14.3 Å². The summed E-state index contributed by atoms with van der Waals surface area (Å²) >= 11 is 0. The van der Waals surface area contributed by atoms with Gasteiger partial charge in [-0.3, -0.25) is 14.4 Å². The number of piperidine rings is 2. The van der Waals surface area contributed by atoms with Gasteiger partial charge in [-0.25, -0.2) is 0 Å². The summed E-state index contributed by atoms with van der Waals surface area (Å²) in [4.78, 5) is 38.6. The monoisotopic (exact) mass is 387 g/mol. The molecular weight excluding hydrogens is 358 g/mol. The number of esters is 1. The van der Waals surface area contributed by atoms with Crippen LogP contribution < -0.4 is 10.6 Å². The second-order valence-corrected chi connectivity index (χ2v) is 7.39. The maximum atomic E-state index is 12.7. The van der Waals surface area contributed by atoms with Crippen LogP contribution in [0.1, 0.15) is 49.4 Å². The molecule has 7 nitrogen and oxygen atoms in total. The van der Waals surface area contributed by atoms with Crippen molar-refractivity contribution < 1.29 is 19.1 Å². The number of rotatable bonds is 5. The second kappa shape index (κ2) is 9.68. The van der Waals surface area contributed by atoms with Crippen molar-refractivity contribution in [2.75, 3.05) is 31.6 Å². The molecular formula is C21H29N3O4. The Hall–Kier alpha value is -2.41. The number of nitrogens with zero attached hydrogens (tertiary/aromatic N) is 1. The van der Waals surface area contributed by atoms with Crippen LogP contribution in [0.15, 0.2) is 24.3 Å². The molecule has 1 aromatic rings. The lowest BCUT2D eigenvalue weighted by Gasteiger charge is -2.31. The van der Waals surface area contributed by atoms with Gasteiger partial charge in [0.25, 0.3) is 5.91 Å². The third-order valence-corrected chi connectivity index (χ3v) is 5.43. The van der Waals surface area contributed by atoms with Crippen molar-refractivity contribution in [3.8, 4) is 0 Å². The molecule has 1 unspecified atom stereocenters. The van der Waals surface area contributed by atoms with Crippen LogP contribution in [0.3, 0.4) is 0 Å². The molecule has 0 saturated carbocycles. The fourth-order valence-corrected chi connectivity index (χ4v) is 3.76. The van der Waals surface area contributed by atoms with E-state index >= 15 is 0 Å². The van der Waals surface area contributed by atoms with E-state index in [-0.39, 0.29) is 29.7 Å². The quantitative estimate of drug-likeness (QED) is 0.756. The summed E-state index contributed by atoms with van der Waals surface area (Å²) in [6.45, 7) is 4.16. The SMILES string of the molecule is CCOC(=O)C1CCN(C(=O)c2ccc(NC(=O)C3CCCCN3)cc2)CC1. The predicted octanol–water partition coefficient (Wildman–Crippen LogP) is 2.18. The van der Waals surface area contributed by atoms with Crippen LogP contribution in [-0.4, -0.2) is 55.0 Å². The number of carbonyl (C=O) groups is 3. The zero-order valence-corrected chi connectivity index (χ0v) is 16.4. The molecule has 0 radical (unpaired) electrons. The molecule has 0 bridgehead atoms. The third kappa shape index (κ3) is 5.10. The fourth-order valence-electron chi connectivity index (χ4n) is 3.76. The fraction of sp³-hybridized carbons (Fsp3) is 0.571. The number of carbonyl (C=O) groups excluding carboxylic acids is 3. The van der Waals surface area contributed by atoms with E-state index in [1.807, 2.05) is 0 Å². The average Bonchev–Trinajstić information content (AvgIpc) is 2.74. The van der Waals surface area contributed by atoms with E-state index in [4.69, 9.17) is 4.74 Å². The van der Waals surface area contributed by atoms with Crippen LogP contribution in [0, 0.1) is 5.92 Å². The van der Waals surface area contributed by atoms with Crippen molar-refractivity contribution in [1.29, 1.82) is 0 Å². The number of likely N-dealkylation sites (tertiary alicyclic amines) is 1. The Morgan fingerprint density at radius 1 is 1.11 bits per heavy atom. The van der Waals surface area contributed by atoms with Crippen molar-refractivity contribution in [1.82, 2.24) is 10.2 Å². The molecule has 2 heterocycles. The number of hydrogen-bond acceptors (Lipinski definition) is 5.